The van der Waals surface area contributed by atoms with Gasteiger partial charge in [0, 0.05) is 48.3 Å². The molecule has 11 nitrogen and oxygen atoms in total. The Morgan fingerprint density at radius 2 is 1.79 bits per heavy atom. The first-order valence-corrected chi connectivity index (χ1v) is 12.8. The molecule has 0 bridgehead atoms. The van der Waals surface area contributed by atoms with Crippen LogP contribution in [-0.2, 0) is 33.6 Å². The van der Waals surface area contributed by atoms with Crippen LogP contribution in [0.5, 0.6) is 11.5 Å². The lowest BCUT2D eigenvalue weighted by Gasteiger charge is -2.21. The molecule has 222 valence electrons. The van der Waals surface area contributed by atoms with Crippen molar-refractivity contribution in [2.45, 2.75) is 44.3 Å². The largest absolute Gasteiger partial charge is 0.490 e. The van der Waals surface area contributed by atoms with Gasteiger partial charge in [0.05, 0.1) is 5.92 Å². The van der Waals surface area contributed by atoms with E-state index in [0.29, 0.717) is 23.5 Å². The zero-order valence-electron chi connectivity index (χ0n) is 22.2. The van der Waals surface area contributed by atoms with Gasteiger partial charge in [-0.3, -0.25) is 4.79 Å². The van der Waals surface area contributed by atoms with E-state index in [1.807, 2.05) is 37.3 Å². The zero-order chi connectivity index (χ0) is 30.4. The minimum Gasteiger partial charge on any atom is -0.480 e. The molecule has 2 aromatic heterocycles. The molecule has 1 aliphatic rings. The number of fused-ring (bicyclic) bond motifs is 2. The monoisotopic (exact) mass is 588 g/mol. The number of hydrogen-bond acceptors (Lipinski definition) is 6. The summed E-state index contributed by atoms with van der Waals surface area (Å²) >= 11 is 0. The number of carbonyl (C=O) groups excluding carboxylic acids is 1. The number of carboxylic acid groups (broad SMARTS) is 2. The van der Waals surface area contributed by atoms with Gasteiger partial charge in [0.15, 0.2) is 11.5 Å². The van der Waals surface area contributed by atoms with Crippen molar-refractivity contribution in [2.24, 2.45) is 0 Å². The van der Waals surface area contributed by atoms with Crippen LogP contribution in [0.15, 0.2) is 54.9 Å². The van der Waals surface area contributed by atoms with Crippen LogP contribution in [0, 0.1) is 0 Å². The number of aromatic nitrogens is 3. The summed E-state index contributed by atoms with van der Waals surface area (Å²) in [5.74, 6) is -2.88. The van der Waals surface area contributed by atoms with E-state index in [1.54, 1.807) is 24.5 Å². The number of carbonyl (C=O) groups is 3. The first-order chi connectivity index (χ1) is 20.0. The van der Waals surface area contributed by atoms with Gasteiger partial charge >= 0.3 is 18.1 Å². The summed E-state index contributed by atoms with van der Waals surface area (Å²) in [4.78, 5) is 45.3. The molecule has 0 saturated heterocycles. The first kappa shape index (κ1) is 30.0. The van der Waals surface area contributed by atoms with E-state index in [1.165, 1.54) is 0 Å². The first-order valence-electron chi connectivity index (χ1n) is 12.8. The van der Waals surface area contributed by atoms with Crippen LogP contribution in [0.25, 0.3) is 10.9 Å². The molecule has 3 heterocycles. The number of amides is 1. The molecule has 4 aromatic rings. The molecule has 0 spiro atoms. The molecule has 2 aromatic carbocycles. The highest BCUT2D eigenvalue weighted by molar-refractivity contribution is 5.89. The predicted octanol–water partition coefficient (Wildman–Crippen LogP) is 3.95. The standard InChI is InChI=1S/C26H26N4O5.C2HF3O2/c1-2-24-28-13-17(29-24)11-19(15-7-8-22-23(10-15)35-14-34-22)25(31)30-21(26(32)33)9-16-12-27-20-6-4-3-5-18(16)20;3-2(4,5)1(6)7/h3-8,10,12-13,19,21,27H,2,9,11,14H2,1H3,(H,28,29)(H,30,31)(H,32,33);(H,6,7)/t19-,21-;/m0./s1. The summed E-state index contributed by atoms with van der Waals surface area (Å²) in [6, 6.07) is 11.9. The Bertz CT molecular complexity index is 1580. The molecule has 1 amide bonds. The van der Waals surface area contributed by atoms with Crippen molar-refractivity contribution in [3.05, 3.63) is 77.5 Å². The number of hydrogen-bond donors (Lipinski definition) is 5. The second-order valence-electron chi connectivity index (χ2n) is 9.34. The second-order valence-corrected chi connectivity index (χ2v) is 9.34. The van der Waals surface area contributed by atoms with Crippen molar-refractivity contribution in [3.8, 4) is 11.5 Å². The summed E-state index contributed by atoms with van der Waals surface area (Å²) in [5, 5.41) is 20.7. The normalized spacial score (nSPS) is 13.6. The van der Waals surface area contributed by atoms with E-state index < -0.39 is 30.1 Å². The van der Waals surface area contributed by atoms with Gasteiger partial charge in [-0.2, -0.15) is 13.2 Å². The fourth-order valence-corrected chi connectivity index (χ4v) is 4.39. The zero-order valence-corrected chi connectivity index (χ0v) is 22.2. The highest BCUT2D eigenvalue weighted by Gasteiger charge is 2.38. The lowest BCUT2D eigenvalue weighted by molar-refractivity contribution is -0.192. The smallest absolute Gasteiger partial charge is 0.480 e. The van der Waals surface area contributed by atoms with Crippen LogP contribution in [0.3, 0.4) is 0 Å². The number of aryl methyl sites for hydroxylation is 1. The van der Waals surface area contributed by atoms with Crippen molar-refractivity contribution < 1.29 is 47.2 Å². The van der Waals surface area contributed by atoms with Gasteiger partial charge in [0.25, 0.3) is 0 Å². The average molecular weight is 589 g/mol. The molecule has 1 aliphatic heterocycles. The summed E-state index contributed by atoms with van der Waals surface area (Å²) < 4.78 is 42.6. The molecule has 0 aliphatic carbocycles. The van der Waals surface area contributed by atoms with E-state index in [0.717, 1.165) is 34.4 Å². The Morgan fingerprint density at radius 3 is 2.45 bits per heavy atom. The van der Waals surface area contributed by atoms with Crippen molar-refractivity contribution in [1.82, 2.24) is 20.3 Å². The summed E-state index contributed by atoms with van der Waals surface area (Å²) in [7, 11) is 0. The number of aromatic amines is 2. The Hall–Kier alpha value is -5.01. The molecule has 5 N–H and O–H groups in total. The topological polar surface area (TPSA) is 167 Å². The maximum Gasteiger partial charge on any atom is 0.490 e. The summed E-state index contributed by atoms with van der Waals surface area (Å²) in [5.41, 5.74) is 3.25. The Kier molecular flexibility index (Phi) is 9.03. The summed E-state index contributed by atoms with van der Waals surface area (Å²) in [6.07, 6.45) is -0.348. The van der Waals surface area contributed by atoms with Crippen LogP contribution >= 0.6 is 0 Å². The van der Waals surface area contributed by atoms with E-state index in [4.69, 9.17) is 19.4 Å². The average Bonchev–Trinajstić information content (AvgIpc) is 3.70. The molecule has 14 heteroatoms. The number of halogens is 3. The third-order valence-electron chi connectivity index (χ3n) is 6.51. The number of benzene rings is 2. The Labute approximate surface area is 236 Å². The maximum atomic E-state index is 13.5. The molecule has 5 rings (SSSR count). The van der Waals surface area contributed by atoms with Gasteiger partial charge in [0.2, 0.25) is 12.7 Å². The van der Waals surface area contributed by atoms with E-state index in [9.17, 15) is 27.9 Å². The maximum absolute atomic E-state index is 13.5. The van der Waals surface area contributed by atoms with Gasteiger partial charge in [-0.05, 0) is 29.3 Å². The number of imidazole rings is 1. The predicted molar refractivity (Wildman–Crippen MR) is 142 cm³/mol. The summed E-state index contributed by atoms with van der Waals surface area (Å²) in [6.45, 7) is 2.12. The van der Waals surface area contributed by atoms with Gasteiger partial charge in [-0.15, -0.1) is 0 Å². The number of nitrogens with one attached hydrogen (secondary N) is 3. The van der Waals surface area contributed by atoms with Crippen molar-refractivity contribution in [2.75, 3.05) is 6.79 Å². The SMILES string of the molecule is CCc1ncc(C[C@H](C(=O)N[C@@H](Cc2c[nH]c3ccccc23)C(=O)O)c2ccc3c(c2)OCO3)[nH]1.O=C(O)C(F)(F)F. The van der Waals surface area contributed by atoms with Crippen molar-refractivity contribution in [1.29, 1.82) is 0 Å². The molecule has 2 atom stereocenters. The molecule has 0 unspecified atom stereocenters. The molecular formula is C28H27F3N4O7. The third kappa shape index (κ3) is 7.19. The quantitative estimate of drug-likeness (QED) is 0.196. The highest BCUT2D eigenvalue weighted by Crippen LogP contribution is 2.35. The van der Waals surface area contributed by atoms with Crippen LogP contribution < -0.4 is 14.8 Å². The fourth-order valence-electron chi connectivity index (χ4n) is 4.39. The Morgan fingerprint density at radius 1 is 1.07 bits per heavy atom. The number of rotatable bonds is 9. The minimum atomic E-state index is -5.08. The van der Waals surface area contributed by atoms with E-state index >= 15 is 0 Å². The van der Waals surface area contributed by atoms with Crippen LogP contribution in [0.2, 0.25) is 0 Å². The van der Waals surface area contributed by atoms with Gasteiger partial charge < -0.3 is 35.0 Å². The van der Waals surface area contributed by atoms with Crippen molar-refractivity contribution in [3.63, 3.8) is 0 Å². The number of aliphatic carboxylic acids is 2. The Balaban J connectivity index is 0.000000517. The van der Waals surface area contributed by atoms with Crippen LogP contribution in [-0.4, -0.2) is 62.0 Å². The number of alkyl halides is 3. The van der Waals surface area contributed by atoms with Crippen molar-refractivity contribution >= 4 is 28.7 Å². The molecular weight excluding hydrogens is 561 g/mol. The van der Waals surface area contributed by atoms with Gasteiger partial charge in [0.1, 0.15) is 11.9 Å². The van der Waals surface area contributed by atoms with E-state index in [2.05, 4.69) is 20.3 Å². The number of carboxylic acids is 2. The lowest BCUT2D eigenvalue weighted by Crippen LogP contribution is -2.44. The third-order valence-corrected chi connectivity index (χ3v) is 6.51. The van der Waals surface area contributed by atoms with Crippen LogP contribution in [0.1, 0.15) is 35.5 Å². The highest BCUT2D eigenvalue weighted by atomic mass is 19.4. The second kappa shape index (κ2) is 12.7. The molecule has 0 saturated carbocycles. The lowest BCUT2D eigenvalue weighted by atomic mass is 9.92. The van der Waals surface area contributed by atoms with Crippen LogP contribution in [0.4, 0.5) is 13.2 Å². The fraction of sp³-hybridized carbons (Fsp3) is 0.286. The van der Waals surface area contributed by atoms with Gasteiger partial charge in [-0.1, -0.05) is 31.2 Å². The van der Waals surface area contributed by atoms with E-state index in [-0.39, 0.29) is 19.1 Å². The number of H-pyrrole nitrogens is 2. The molecule has 0 fully saturated rings. The van der Waals surface area contributed by atoms with Gasteiger partial charge in [-0.25, -0.2) is 14.6 Å². The number of para-hydroxylation sites is 1. The minimum absolute atomic E-state index is 0.127. The number of nitrogens with zero attached hydrogens (tertiary/aromatic N) is 1. The molecule has 42 heavy (non-hydrogen) atoms. The molecule has 0 radical (unpaired) electrons. The number of ether oxygens (including phenoxy) is 2.